The van der Waals surface area contributed by atoms with Crippen molar-refractivity contribution in [3.63, 3.8) is 0 Å². The molecule has 6 heteroatoms. The smallest absolute Gasteiger partial charge is 0.288 e. The Labute approximate surface area is 135 Å². The second-order valence-electron chi connectivity index (χ2n) is 3.99. The molecule has 0 saturated carbocycles. The van der Waals surface area contributed by atoms with E-state index in [-0.39, 0.29) is 44.0 Å². The van der Waals surface area contributed by atoms with Crippen LogP contribution < -0.4 is 5.56 Å². The molecule has 0 fully saturated rings. The van der Waals surface area contributed by atoms with E-state index in [9.17, 15) is 14.9 Å². The molecule has 95 valence electrons. The number of aryl methyl sites for hydroxylation is 1. The maximum Gasteiger partial charge on any atom is 0.288 e. The fourth-order valence-electron chi connectivity index (χ4n) is 1.77. The van der Waals surface area contributed by atoms with Crippen LogP contribution in [0.4, 0.5) is 5.69 Å². The monoisotopic (exact) mass is 332 g/mol. The van der Waals surface area contributed by atoms with E-state index in [0.717, 1.165) is 17.3 Å². The fourth-order valence-corrected chi connectivity index (χ4v) is 1.77. The van der Waals surface area contributed by atoms with Crippen molar-refractivity contribution in [2.45, 2.75) is 13.3 Å². The van der Waals surface area contributed by atoms with Crippen LogP contribution in [-0.2, 0) is 39.1 Å². The number of rotatable bonds is 3. The van der Waals surface area contributed by atoms with Crippen molar-refractivity contribution in [2.75, 3.05) is 0 Å². The molecule has 0 aliphatic heterocycles. The molecule has 0 saturated heterocycles. The average Bonchev–Trinajstić information content (AvgIpc) is 2.32. The summed E-state index contributed by atoms with van der Waals surface area (Å²) in [6, 6.07) is 9.62. The van der Waals surface area contributed by atoms with Crippen molar-refractivity contribution in [1.82, 2.24) is 4.98 Å². The van der Waals surface area contributed by atoms with Crippen molar-refractivity contribution < 1.29 is 37.6 Å². The second-order valence-corrected chi connectivity index (χ2v) is 3.99. The second kappa shape index (κ2) is 6.73. The number of hydrogen-bond donors (Lipinski definition) is 1. The van der Waals surface area contributed by atoms with Gasteiger partial charge in [-0.05, 0) is 6.42 Å². The molecule has 1 radical (unpaired) electrons. The Morgan fingerprint density at radius 1 is 1.42 bits per heavy atom. The standard InChI is InChI=1S/C13H11N2O3.Y/c1-9-4-2-3-5-10(9)6-11-7-13(16)14-8-12(11)15(17)18;/h3-5,7-8H,6H2,1H3,(H,14,16);/q-1;. The van der Waals surface area contributed by atoms with Gasteiger partial charge in [-0.2, -0.15) is 35.4 Å². The molecule has 0 amide bonds. The molecule has 1 aromatic carbocycles. The van der Waals surface area contributed by atoms with E-state index in [1.165, 1.54) is 6.07 Å². The number of aromatic nitrogens is 1. The van der Waals surface area contributed by atoms with E-state index in [0.29, 0.717) is 12.0 Å². The first-order valence-electron chi connectivity index (χ1n) is 5.39. The quantitative estimate of drug-likeness (QED) is 0.530. The maximum absolute atomic E-state index is 11.3. The predicted molar refractivity (Wildman–Crippen MR) is 66.5 cm³/mol. The van der Waals surface area contributed by atoms with Crippen LogP contribution in [0.15, 0.2) is 35.3 Å². The van der Waals surface area contributed by atoms with Crippen LogP contribution in [0.2, 0.25) is 0 Å². The van der Waals surface area contributed by atoms with Crippen LogP contribution in [0.1, 0.15) is 16.7 Å². The van der Waals surface area contributed by atoms with Gasteiger partial charge in [-0.1, -0.05) is 6.92 Å². The summed E-state index contributed by atoms with van der Waals surface area (Å²) in [6.45, 7) is 1.91. The summed E-state index contributed by atoms with van der Waals surface area (Å²) in [5.74, 6) is 0. The summed E-state index contributed by atoms with van der Waals surface area (Å²) in [5.41, 5.74) is 1.95. The van der Waals surface area contributed by atoms with Gasteiger partial charge >= 0.3 is 0 Å². The van der Waals surface area contributed by atoms with Gasteiger partial charge in [0.1, 0.15) is 0 Å². The van der Waals surface area contributed by atoms with Gasteiger partial charge < -0.3 is 4.98 Å². The molecule has 5 nitrogen and oxygen atoms in total. The summed E-state index contributed by atoms with van der Waals surface area (Å²) in [7, 11) is 0. The van der Waals surface area contributed by atoms with E-state index in [4.69, 9.17) is 0 Å². The molecule has 0 bridgehead atoms. The van der Waals surface area contributed by atoms with E-state index in [1.54, 1.807) is 6.07 Å². The SMILES string of the molecule is Cc1c[c-]ccc1Cc1cc(=O)[nH]cc1[N+](=O)[O-].[Y]. The molecule has 0 atom stereocenters. The Hall–Kier alpha value is -1.33. The Bertz CT molecular complexity index is 652. The molecule has 0 aliphatic rings. The Morgan fingerprint density at radius 3 is 2.79 bits per heavy atom. The molecule has 0 aliphatic carbocycles. The molecule has 0 unspecified atom stereocenters. The Kier molecular flexibility index (Phi) is 5.57. The van der Waals surface area contributed by atoms with E-state index in [2.05, 4.69) is 11.1 Å². The largest absolute Gasteiger partial charge is 0.323 e. The molecule has 19 heavy (non-hydrogen) atoms. The van der Waals surface area contributed by atoms with Gasteiger partial charge in [-0.3, -0.25) is 14.9 Å². The first-order chi connectivity index (χ1) is 8.58. The van der Waals surface area contributed by atoms with Crippen LogP contribution in [0.3, 0.4) is 0 Å². The number of pyridine rings is 1. The summed E-state index contributed by atoms with van der Waals surface area (Å²) in [6.07, 6.45) is 1.50. The van der Waals surface area contributed by atoms with Crippen LogP contribution >= 0.6 is 0 Å². The van der Waals surface area contributed by atoms with Gasteiger partial charge in [0.25, 0.3) is 5.69 Å². The van der Waals surface area contributed by atoms with Gasteiger partial charge in [0, 0.05) is 44.3 Å². The van der Waals surface area contributed by atoms with Gasteiger partial charge in [-0.25, -0.2) is 0 Å². The third-order valence-electron chi connectivity index (χ3n) is 2.75. The van der Waals surface area contributed by atoms with Gasteiger partial charge in [0.05, 0.1) is 11.1 Å². The van der Waals surface area contributed by atoms with E-state index in [1.807, 2.05) is 19.1 Å². The van der Waals surface area contributed by atoms with Crippen molar-refractivity contribution in [1.29, 1.82) is 0 Å². The third-order valence-corrected chi connectivity index (χ3v) is 2.75. The van der Waals surface area contributed by atoms with Crippen LogP contribution in [-0.4, -0.2) is 9.91 Å². The number of H-pyrrole nitrogens is 1. The Balaban J connectivity index is 0.00000180. The minimum absolute atomic E-state index is 0. The topological polar surface area (TPSA) is 76.0 Å². The zero-order chi connectivity index (χ0) is 13.1. The number of aromatic amines is 1. The van der Waals surface area contributed by atoms with E-state index < -0.39 is 4.92 Å². The first-order valence-corrected chi connectivity index (χ1v) is 5.39. The Morgan fingerprint density at radius 2 is 2.16 bits per heavy atom. The van der Waals surface area contributed by atoms with Crippen LogP contribution in [0.25, 0.3) is 0 Å². The maximum atomic E-state index is 11.3. The third kappa shape index (κ3) is 3.82. The number of benzene rings is 1. The van der Waals surface area contributed by atoms with Crippen molar-refractivity contribution >= 4 is 5.69 Å². The van der Waals surface area contributed by atoms with Gasteiger partial charge in [0.15, 0.2) is 0 Å². The van der Waals surface area contributed by atoms with E-state index >= 15 is 0 Å². The molecule has 1 N–H and O–H groups in total. The molecule has 1 aromatic heterocycles. The minimum atomic E-state index is -0.490. The summed E-state index contributed by atoms with van der Waals surface area (Å²) in [4.78, 5) is 24.0. The summed E-state index contributed by atoms with van der Waals surface area (Å²) < 4.78 is 0. The number of nitrogens with zero attached hydrogens (tertiary/aromatic N) is 1. The average molecular weight is 332 g/mol. The van der Waals surface area contributed by atoms with Gasteiger partial charge in [-0.15, -0.1) is 0 Å². The fraction of sp³-hybridized carbons (Fsp3) is 0.154. The molecular formula is C13H11N2O3Y-. The minimum Gasteiger partial charge on any atom is -0.323 e. The molecule has 1 heterocycles. The van der Waals surface area contributed by atoms with Crippen LogP contribution in [0, 0.1) is 23.1 Å². The zero-order valence-electron chi connectivity index (χ0n) is 10.3. The molecule has 2 rings (SSSR count). The molecule has 2 aromatic rings. The van der Waals surface area contributed by atoms with Crippen molar-refractivity contribution in [3.8, 4) is 0 Å². The summed E-state index contributed by atoms with van der Waals surface area (Å²) in [5, 5.41) is 10.9. The number of hydrogen-bond acceptors (Lipinski definition) is 3. The normalized spacial score (nSPS) is 9.74. The van der Waals surface area contributed by atoms with Crippen LogP contribution in [0.5, 0.6) is 0 Å². The van der Waals surface area contributed by atoms with Gasteiger partial charge in [0.2, 0.25) is 5.56 Å². The molecule has 0 spiro atoms. The number of nitro groups is 1. The summed E-state index contributed by atoms with van der Waals surface area (Å²) >= 11 is 0. The molecular weight excluding hydrogens is 321 g/mol. The van der Waals surface area contributed by atoms with Crippen molar-refractivity contribution in [2.24, 2.45) is 0 Å². The number of nitrogens with one attached hydrogen (secondary N) is 1. The zero-order valence-corrected chi connectivity index (χ0v) is 13.2. The predicted octanol–water partition coefficient (Wildman–Crippen LogP) is 1.98. The van der Waals surface area contributed by atoms with Crippen molar-refractivity contribution in [3.05, 3.63) is 73.7 Å². The first kappa shape index (κ1) is 15.7.